The third-order valence-corrected chi connectivity index (χ3v) is 4.01. The second kappa shape index (κ2) is 7.10. The van der Waals surface area contributed by atoms with Gasteiger partial charge in [0.05, 0.1) is 0 Å². The maximum atomic E-state index is 12.5. The monoisotopic (exact) mass is 303 g/mol. The zero-order valence-electron chi connectivity index (χ0n) is 13.4. The van der Waals surface area contributed by atoms with Gasteiger partial charge in [-0.15, -0.1) is 0 Å². The molecule has 1 N–H and O–H groups in total. The molecule has 23 heavy (non-hydrogen) atoms. The number of hydrogen-bond acceptors (Lipinski definition) is 1. The van der Waals surface area contributed by atoms with E-state index < -0.39 is 0 Å². The molecule has 0 unspecified atom stereocenters. The van der Waals surface area contributed by atoms with E-state index in [0.717, 1.165) is 47.2 Å². The average Bonchev–Trinajstić information content (AvgIpc) is 2.95. The molecule has 3 rings (SSSR count). The van der Waals surface area contributed by atoms with Crippen molar-refractivity contribution in [3.63, 3.8) is 0 Å². The van der Waals surface area contributed by atoms with Crippen LogP contribution in [0.25, 0.3) is 17.2 Å². The Labute approximate surface area is 137 Å². The largest absolute Gasteiger partial charge is 0.352 e. The summed E-state index contributed by atoms with van der Waals surface area (Å²) >= 11 is 0. The minimum atomic E-state index is 0.0161. The van der Waals surface area contributed by atoms with Gasteiger partial charge in [0.25, 0.3) is 5.91 Å². The third-order valence-electron chi connectivity index (χ3n) is 4.01. The van der Waals surface area contributed by atoms with E-state index in [1.54, 1.807) is 0 Å². The molecule has 2 nitrogen and oxygen atoms in total. The molecule has 0 saturated carbocycles. The van der Waals surface area contributed by atoms with Gasteiger partial charge in [-0.05, 0) is 40.8 Å². The summed E-state index contributed by atoms with van der Waals surface area (Å²) in [5.74, 6) is 0.0161. The highest BCUT2D eigenvalue weighted by molar-refractivity contribution is 6.26. The van der Waals surface area contributed by atoms with E-state index in [1.807, 2.05) is 42.5 Å². The maximum Gasteiger partial charge on any atom is 0.251 e. The topological polar surface area (TPSA) is 29.1 Å². The van der Waals surface area contributed by atoms with Gasteiger partial charge in [-0.1, -0.05) is 67.9 Å². The molecular weight excluding hydrogens is 282 g/mol. The van der Waals surface area contributed by atoms with Crippen LogP contribution in [0, 0.1) is 0 Å². The molecule has 0 atom stereocenters. The van der Waals surface area contributed by atoms with Crippen LogP contribution in [0.2, 0.25) is 0 Å². The lowest BCUT2D eigenvalue weighted by atomic mass is 10.0. The summed E-state index contributed by atoms with van der Waals surface area (Å²) in [5.41, 5.74) is 5.13. The van der Waals surface area contributed by atoms with Crippen molar-refractivity contribution in [2.75, 3.05) is 6.54 Å². The zero-order valence-corrected chi connectivity index (χ0v) is 13.4. The molecule has 2 aromatic rings. The molecule has 0 bridgehead atoms. The number of fused-ring (bicyclic) bond motifs is 1. The molecule has 1 aliphatic rings. The second-order valence-electron chi connectivity index (χ2n) is 5.72. The number of allylic oxidation sites excluding steroid dienone is 2. The van der Waals surface area contributed by atoms with Crippen LogP contribution >= 0.6 is 0 Å². The van der Waals surface area contributed by atoms with Crippen LogP contribution in [-0.2, 0) is 4.79 Å². The molecule has 2 aromatic carbocycles. The molecule has 0 fully saturated rings. The van der Waals surface area contributed by atoms with Crippen molar-refractivity contribution in [2.45, 2.75) is 19.8 Å². The molecule has 0 aromatic heterocycles. The molecule has 1 amide bonds. The van der Waals surface area contributed by atoms with Crippen LogP contribution in [0.1, 0.15) is 36.5 Å². The van der Waals surface area contributed by atoms with Crippen LogP contribution in [0.5, 0.6) is 0 Å². The predicted octanol–water partition coefficient (Wildman–Crippen LogP) is 4.54. The number of unbranched alkanes of at least 4 members (excludes halogenated alkanes) is 1. The van der Waals surface area contributed by atoms with Gasteiger partial charge in [-0.2, -0.15) is 0 Å². The number of carbonyl (C=O) groups is 1. The smallest absolute Gasteiger partial charge is 0.251 e. The van der Waals surface area contributed by atoms with E-state index in [2.05, 4.69) is 36.5 Å². The van der Waals surface area contributed by atoms with Crippen LogP contribution in [-0.4, -0.2) is 12.5 Å². The van der Waals surface area contributed by atoms with Gasteiger partial charge in [0.15, 0.2) is 0 Å². The average molecular weight is 303 g/mol. The maximum absolute atomic E-state index is 12.5. The fraction of sp³-hybridized carbons (Fsp3) is 0.190. The Morgan fingerprint density at radius 2 is 1.70 bits per heavy atom. The highest BCUT2D eigenvalue weighted by Gasteiger charge is 2.22. The van der Waals surface area contributed by atoms with Crippen LogP contribution < -0.4 is 5.32 Å². The van der Waals surface area contributed by atoms with E-state index >= 15 is 0 Å². The van der Waals surface area contributed by atoms with Gasteiger partial charge in [-0.3, -0.25) is 4.79 Å². The number of amides is 1. The van der Waals surface area contributed by atoms with E-state index in [4.69, 9.17) is 0 Å². The minimum Gasteiger partial charge on any atom is -0.352 e. The van der Waals surface area contributed by atoms with Gasteiger partial charge in [0.1, 0.15) is 0 Å². The summed E-state index contributed by atoms with van der Waals surface area (Å²) < 4.78 is 0. The van der Waals surface area contributed by atoms with Crippen LogP contribution in [0.15, 0.2) is 60.7 Å². The van der Waals surface area contributed by atoms with E-state index in [-0.39, 0.29) is 5.91 Å². The summed E-state index contributed by atoms with van der Waals surface area (Å²) in [4.78, 5) is 12.5. The Kier molecular flexibility index (Phi) is 4.72. The normalized spacial score (nSPS) is 14.5. The Balaban J connectivity index is 1.93. The van der Waals surface area contributed by atoms with Crippen molar-refractivity contribution < 1.29 is 4.79 Å². The van der Waals surface area contributed by atoms with Crippen molar-refractivity contribution in [1.82, 2.24) is 5.32 Å². The quantitative estimate of drug-likeness (QED) is 0.807. The lowest BCUT2D eigenvalue weighted by Crippen LogP contribution is -2.24. The highest BCUT2D eigenvalue weighted by Crippen LogP contribution is 2.36. The summed E-state index contributed by atoms with van der Waals surface area (Å²) in [6.07, 6.45) is 6.21. The first-order chi connectivity index (χ1) is 11.3. The molecular formula is C21H21NO. The predicted molar refractivity (Wildman–Crippen MR) is 96.6 cm³/mol. The van der Waals surface area contributed by atoms with Crippen molar-refractivity contribution in [3.05, 3.63) is 77.4 Å². The van der Waals surface area contributed by atoms with Crippen molar-refractivity contribution in [2.24, 2.45) is 0 Å². The standard InChI is InChI=1S/C21H21NO/c1-2-3-13-22-21(23)20-15-17(14-16-9-5-4-6-10-16)18-11-7-8-12-19(18)20/h4-12,14-15H,2-3,13H2,1H3,(H,22,23)/b17-14+. The molecule has 2 heteroatoms. The van der Waals surface area contributed by atoms with Crippen molar-refractivity contribution in [1.29, 1.82) is 0 Å². The first kappa shape index (κ1) is 15.3. The molecule has 0 spiro atoms. The van der Waals surface area contributed by atoms with Gasteiger partial charge >= 0.3 is 0 Å². The van der Waals surface area contributed by atoms with E-state index in [1.165, 1.54) is 0 Å². The van der Waals surface area contributed by atoms with Gasteiger partial charge in [-0.25, -0.2) is 0 Å². The van der Waals surface area contributed by atoms with Crippen LogP contribution in [0.4, 0.5) is 0 Å². The van der Waals surface area contributed by atoms with Gasteiger partial charge in [0.2, 0.25) is 0 Å². The Morgan fingerprint density at radius 1 is 1.00 bits per heavy atom. The molecule has 0 heterocycles. The Hall–Kier alpha value is -2.61. The van der Waals surface area contributed by atoms with Gasteiger partial charge < -0.3 is 5.32 Å². The SMILES string of the molecule is CCCCNC(=O)C1=C/C(=C\c2ccccc2)c2ccccc21. The molecule has 0 radical (unpaired) electrons. The number of hydrogen-bond donors (Lipinski definition) is 1. The number of nitrogens with one attached hydrogen (secondary N) is 1. The second-order valence-corrected chi connectivity index (χ2v) is 5.72. The minimum absolute atomic E-state index is 0.0161. The Bertz CT molecular complexity index is 756. The van der Waals surface area contributed by atoms with Crippen LogP contribution in [0.3, 0.4) is 0 Å². The fourth-order valence-corrected chi connectivity index (χ4v) is 2.79. The number of benzene rings is 2. The molecule has 0 aliphatic heterocycles. The third kappa shape index (κ3) is 3.42. The fourth-order valence-electron chi connectivity index (χ4n) is 2.79. The molecule has 116 valence electrons. The summed E-state index contributed by atoms with van der Waals surface area (Å²) in [5, 5.41) is 3.02. The van der Waals surface area contributed by atoms with E-state index in [0.29, 0.717) is 0 Å². The summed E-state index contributed by atoms with van der Waals surface area (Å²) in [6.45, 7) is 2.85. The summed E-state index contributed by atoms with van der Waals surface area (Å²) in [7, 11) is 0. The molecule has 1 aliphatic carbocycles. The highest BCUT2D eigenvalue weighted by atomic mass is 16.1. The Morgan fingerprint density at radius 3 is 2.43 bits per heavy atom. The zero-order chi connectivity index (χ0) is 16.1. The first-order valence-corrected chi connectivity index (χ1v) is 8.16. The van der Waals surface area contributed by atoms with E-state index in [9.17, 15) is 4.79 Å². The first-order valence-electron chi connectivity index (χ1n) is 8.16. The summed E-state index contributed by atoms with van der Waals surface area (Å²) in [6, 6.07) is 18.3. The lowest BCUT2D eigenvalue weighted by molar-refractivity contribution is -0.115. The lowest BCUT2D eigenvalue weighted by Gasteiger charge is -2.06. The number of carbonyl (C=O) groups excluding carboxylic acids is 1. The number of rotatable bonds is 5. The van der Waals surface area contributed by atoms with Gasteiger partial charge in [0, 0.05) is 12.1 Å². The molecule has 0 saturated heterocycles. The van der Waals surface area contributed by atoms with Crippen molar-refractivity contribution in [3.8, 4) is 0 Å². The van der Waals surface area contributed by atoms with Crippen molar-refractivity contribution >= 4 is 23.1 Å².